The van der Waals surface area contributed by atoms with E-state index in [1.165, 1.54) is 12.8 Å². The summed E-state index contributed by atoms with van der Waals surface area (Å²) >= 11 is -1.12. The molecule has 0 radical (unpaired) electrons. The summed E-state index contributed by atoms with van der Waals surface area (Å²) in [4.78, 5) is 0. The first-order valence-electron chi connectivity index (χ1n) is 9.80. The maximum Gasteiger partial charge on any atom is 0.158 e. The second-order valence-electron chi connectivity index (χ2n) is 9.83. The fraction of sp³-hybridized carbons (Fsp3) is 1.00. The summed E-state index contributed by atoms with van der Waals surface area (Å²) in [5.74, 6) is 0.760. The van der Waals surface area contributed by atoms with Crippen molar-refractivity contribution in [2.75, 3.05) is 0 Å². The third-order valence-electron chi connectivity index (χ3n) is 5.54. The Morgan fingerprint density at radius 1 is 0.750 bits per heavy atom. The number of rotatable bonds is 4. The molecule has 2 aliphatic carbocycles. The summed E-state index contributed by atoms with van der Waals surface area (Å²) in [6.45, 7) is 13.3. The highest BCUT2D eigenvalue weighted by molar-refractivity contribution is 7.80. The van der Waals surface area contributed by atoms with Gasteiger partial charge in [-0.3, -0.25) is 4.18 Å². The van der Waals surface area contributed by atoms with E-state index in [1.54, 1.807) is 0 Å². The Kier molecular flexibility index (Phi) is 6.94. The summed E-state index contributed by atoms with van der Waals surface area (Å²) in [5.41, 5.74) is 0.297. The van der Waals surface area contributed by atoms with Gasteiger partial charge in [0.2, 0.25) is 0 Å². The normalized spacial score (nSPS) is 34.1. The van der Waals surface area contributed by atoms with Crippen molar-refractivity contribution < 1.29 is 13.1 Å². The first kappa shape index (κ1) is 20.4. The maximum absolute atomic E-state index is 12.6. The summed E-state index contributed by atoms with van der Waals surface area (Å²) in [6.07, 6.45) is 8.98. The SMILES string of the molecule is CC(C)(C)OC1CCC(OS(=O)C2CCC(C(C)(C)C)CC2)CC1. The molecule has 4 heteroatoms. The fourth-order valence-electron chi connectivity index (χ4n) is 4.08. The molecule has 0 aliphatic heterocycles. The van der Waals surface area contributed by atoms with Crippen molar-refractivity contribution in [3.8, 4) is 0 Å². The van der Waals surface area contributed by atoms with E-state index in [-0.39, 0.29) is 17.0 Å². The zero-order chi connectivity index (χ0) is 18.0. The van der Waals surface area contributed by atoms with E-state index in [1.807, 2.05) is 0 Å². The second-order valence-corrected chi connectivity index (χ2v) is 11.2. The molecule has 2 saturated carbocycles. The lowest BCUT2D eigenvalue weighted by molar-refractivity contribution is -0.0826. The Hall–Kier alpha value is 0.0700. The molecule has 0 amide bonds. The van der Waals surface area contributed by atoms with Crippen LogP contribution in [0.1, 0.15) is 92.9 Å². The monoisotopic (exact) mass is 358 g/mol. The fourth-order valence-corrected chi connectivity index (χ4v) is 5.36. The third kappa shape index (κ3) is 6.42. The van der Waals surface area contributed by atoms with Crippen molar-refractivity contribution in [1.82, 2.24) is 0 Å². The lowest BCUT2D eigenvalue weighted by Crippen LogP contribution is -2.35. The predicted octanol–water partition coefficient (Wildman–Crippen LogP) is 5.40. The maximum atomic E-state index is 12.6. The van der Waals surface area contributed by atoms with Crippen LogP contribution in [0.5, 0.6) is 0 Å². The van der Waals surface area contributed by atoms with Gasteiger partial charge in [0.25, 0.3) is 0 Å². The van der Waals surface area contributed by atoms with Crippen LogP contribution in [0.2, 0.25) is 0 Å². The van der Waals surface area contributed by atoms with Crippen LogP contribution in [0.3, 0.4) is 0 Å². The quantitative estimate of drug-likeness (QED) is 0.675. The van der Waals surface area contributed by atoms with Crippen molar-refractivity contribution in [3.05, 3.63) is 0 Å². The van der Waals surface area contributed by atoms with Gasteiger partial charge in [-0.15, -0.1) is 0 Å². The zero-order valence-electron chi connectivity index (χ0n) is 16.6. The molecule has 3 nitrogen and oxygen atoms in total. The van der Waals surface area contributed by atoms with E-state index in [2.05, 4.69) is 41.5 Å². The predicted molar refractivity (Wildman–Crippen MR) is 101 cm³/mol. The molecule has 0 saturated heterocycles. The van der Waals surface area contributed by atoms with Crippen LogP contribution in [0.15, 0.2) is 0 Å². The minimum Gasteiger partial charge on any atom is -0.373 e. The molecule has 0 aromatic heterocycles. The summed E-state index contributed by atoms with van der Waals surface area (Å²) in [7, 11) is 0. The van der Waals surface area contributed by atoms with Gasteiger partial charge in [-0.05, 0) is 83.5 Å². The molecule has 2 rings (SSSR count). The minimum absolute atomic E-state index is 0.0765. The molecular weight excluding hydrogens is 320 g/mol. The first-order valence-corrected chi connectivity index (χ1v) is 10.9. The molecule has 142 valence electrons. The number of hydrogen-bond acceptors (Lipinski definition) is 3. The molecule has 0 aromatic carbocycles. The lowest BCUT2D eigenvalue weighted by atomic mass is 9.72. The van der Waals surface area contributed by atoms with Crippen molar-refractivity contribution in [2.24, 2.45) is 11.3 Å². The van der Waals surface area contributed by atoms with Crippen molar-refractivity contribution in [2.45, 2.75) is 116 Å². The minimum atomic E-state index is -1.12. The first-order chi connectivity index (χ1) is 11.0. The molecule has 0 heterocycles. The molecule has 24 heavy (non-hydrogen) atoms. The molecule has 1 unspecified atom stereocenters. The molecule has 2 aliphatic rings. The van der Waals surface area contributed by atoms with Crippen LogP contribution in [0, 0.1) is 11.3 Å². The Morgan fingerprint density at radius 2 is 1.25 bits per heavy atom. The summed E-state index contributed by atoms with van der Waals surface area (Å²) < 4.78 is 24.6. The van der Waals surface area contributed by atoms with Gasteiger partial charge in [-0.25, -0.2) is 4.21 Å². The summed E-state index contributed by atoms with van der Waals surface area (Å²) in [5, 5.41) is 0.243. The Labute approximate surface area is 151 Å². The van der Waals surface area contributed by atoms with E-state index >= 15 is 0 Å². The van der Waals surface area contributed by atoms with E-state index in [0.29, 0.717) is 11.5 Å². The van der Waals surface area contributed by atoms with Gasteiger partial charge in [0.1, 0.15) is 0 Å². The lowest BCUT2D eigenvalue weighted by Gasteiger charge is -2.37. The van der Waals surface area contributed by atoms with E-state index in [4.69, 9.17) is 8.92 Å². The average Bonchev–Trinajstić information content (AvgIpc) is 2.47. The Balaban J connectivity index is 1.71. The van der Waals surface area contributed by atoms with Crippen LogP contribution in [-0.4, -0.2) is 27.3 Å². The highest BCUT2D eigenvalue weighted by atomic mass is 32.2. The van der Waals surface area contributed by atoms with Crippen molar-refractivity contribution in [3.63, 3.8) is 0 Å². The molecule has 1 atom stereocenters. The van der Waals surface area contributed by atoms with Crippen LogP contribution in [0.4, 0.5) is 0 Å². The number of ether oxygens (including phenoxy) is 1. The van der Waals surface area contributed by atoms with Gasteiger partial charge in [0.05, 0.1) is 23.1 Å². The molecule has 2 fully saturated rings. The summed E-state index contributed by atoms with van der Waals surface area (Å²) in [6, 6.07) is 0. The highest BCUT2D eigenvalue weighted by Gasteiger charge is 2.34. The van der Waals surface area contributed by atoms with Gasteiger partial charge >= 0.3 is 0 Å². The van der Waals surface area contributed by atoms with Gasteiger partial charge < -0.3 is 4.74 Å². The van der Waals surface area contributed by atoms with Crippen LogP contribution < -0.4 is 0 Å². The standard InChI is InChI=1S/C20H38O3S/c1-19(2,3)15-7-13-18(14-8-15)24(21)23-17-11-9-16(10-12-17)22-20(4,5)6/h15-18H,7-14H2,1-6H3. The second kappa shape index (κ2) is 8.18. The molecule has 0 bridgehead atoms. The Bertz CT molecular complexity index is 406. The average molecular weight is 359 g/mol. The molecule has 0 N–H and O–H groups in total. The van der Waals surface area contributed by atoms with Crippen molar-refractivity contribution >= 4 is 11.1 Å². The largest absolute Gasteiger partial charge is 0.373 e. The van der Waals surface area contributed by atoms with E-state index in [9.17, 15) is 4.21 Å². The third-order valence-corrected chi connectivity index (χ3v) is 7.02. The zero-order valence-corrected chi connectivity index (χ0v) is 17.4. The van der Waals surface area contributed by atoms with Gasteiger partial charge in [0, 0.05) is 0 Å². The molecule has 0 spiro atoms. The van der Waals surface area contributed by atoms with Crippen LogP contribution in [-0.2, 0) is 20.0 Å². The van der Waals surface area contributed by atoms with Gasteiger partial charge in [-0.1, -0.05) is 20.8 Å². The number of hydrogen-bond donors (Lipinski definition) is 0. The van der Waals surface area contributed by atoms with Gasteiger partial charge in [0.15, 0.2) is 11.1 Å². The Morgan fingerprint density at radius 3 is 1.71 bits per heavy atom. The van der Waals surface area contributed by atoms with Crippen LogP contribution in [0.25, 0.3) is 0 Å². The van der Waals surface area contributed by atoms with E-state index < -0.39 is 11.1 Å². The topological polar surface area (TPSA) is 35.5 Å². The van der Waals surface area contributed by atoms with Crippen LogP contribution >= 0.6 is 0 Å². The highest BCUT2D eigenvalue weighted by Crippen LogP contribution is 2.39. The smallest absolute Gasteiger partial charge is 0.158 e. The molecular formula is C20H38O3S. The molecule has 0 aromatic rings. The van der Waals surface area contributed by atoms with E-state index in [0.717, 1.165) is 44.4 Å². The van der Waals surface area contributed by atoms with Gasteiger partial charge in [-0.2, -0.15) is 0 Å². The van der Waals surface area contributed by atoms with Crippen molar-refractivity contribution in [1.29, 1.82) is 0 Å².